The van der Waals surface area contributed by atoms with Gasteiger partial charge >= 0.3 is 0 Å². The molecule has 9 N–H and O–H groups in total. The van der Waals surface area contributed by atoms with Gasteiger partial charge in [0.25, 0.3) is 29.5 Å². The van der Waals surface area contributed by atoms with Crippen molar-refractivity contribution in [1.29, 1.82) is 0 Å². The molecule has 40 heteroatoms. The molecule has 9 aromatic rings. The van der Waals surface area contributed by atoms with Crippen LogP contribution in [0.25, 0.3) is 5.00 Å². The van der Waals surface area contributed by atoms with E-state index in [0.717, 1.165) is 38.1 Å². The highest BCUT2D eigenvalue weighted by molar-refractivity contribution is 7.15. The van der Waals surface area contributed by atoms with Crippen molar-refractivity contribution in [3.8, 4) is 10.8 Å². The standard InChI is InChI=1S/C77H96ClN21O17S/c1-48-49(2)117-77-66(48)67(51-9-11-52(78)12-10-51)87-57(68-93-92-50(3)99(68)77)43-65(103)84-53-13-15-56(16-14-53)116-40-39-115-38-37-114-36-35-113-34-33-112-32-31-111-30-29-110-28-27-109-26-24-79-62(100)17-20-83-74(106)70-90-60(46-97(70)7)88-63(101)18-21-82-73(105)59-42-55(45-96(59)6)86-76(108)71-91-61(47-98(71)8)89-64(102)19-22-81-72(104)58-41-54(44-95(58)5)85-75(107)69-80-23-25-94(69)4/h9-16,23,25,41-42,44-47,57H,17-22,24,26-40,43H2,1-8H3,(H,79,100)(H,81,104)(H,82,105)(H,83,106)(H,84,103)(H,85,107)(H,86,108)(H,88,101)(H,89,102)/t57-/m0/s1. The van der Waals surface area contributed by atoms with Gasteiger partial charge in [0.1, 0.15) is 40.6 Å². The fraction of sp³-hybridized carbons (Fsp3) is 0.416. The molecule has 0 fully saturated rings. The molecule has 1 aliphatic heterocycles. The first-order chi connectivity index (χ1) is 56.5. The van der Waals surface area contributed by atoms with Crippen LogP contribution in [0.1, 0.15) is 118 Å². The normalized spacial score (nSPS) is 12.2. The van der Waals surface area contributed by atoms with Crippen molar-refractivity contribution >= 4 is 111 Å². The van der Waals surface area contributed by atoms with E-state index in [1.807, 2.05) is 35.8 Å². The zero-order chi connectivity index (χ0) is 83.3. The van der Waals surface area contributed by atoms with Crippen LogP contribution < -0.4 is 52.6 Å². The summed E-state index contributed by atoms with van der Waals surface area (Å²) in [5.74, 6) is -1.92. The van der Waals surface area contributed by atoms with E-state index >= 15 is 0 Å². The van der Waals surface area contributed by atoms with Crippen molar-refractivity contribution in [3.63, 3.8) is 0 Å². The van der Waals surface area contributed by atoms with Crippen LogP contribution in [0.3, 0.4) is 0 Å². The predicted octanol–water partition coefficient (Wildman–Crippen LogP) is 5.16. The molecule has 0 radical (unpaired) electrons. The van der Waals surface area contributed by atoms with Gasteiger partial charge in [-0.3, -0.25) is 52.7 Å². The van der Waals surface area contributed by atoms with Crippen molar-refractivity contribution in [3.05, 3.63) is 165 Å². The molecule has 0 bridgehead atoms. The lowest BCUT2D eigenvalue weighted by molar-refractivity contribution is -0.121. The lowest BCUT2D eigenvalue weighted by Crippen LogP contribution is -2.33. The highest BCUT2D eigenvalue weighted by Crippen LogP contribution is 2.40. The Kier molecular flexibility index (Phi) is 32.8. The van der Waals surface area contributed by atoms with Crippen LogP contribution in [0.5, 0.6) is 5.75 Å². The molecule has 10 rings (SSSR count). The van der Waals surface area contributed by atoms with Crippen molar-refractivity contribution in [2.75, 3.05) is 152 Å². The van der Waals surface area contributed by atoms with Crippen LogP contribution in [-0.2, 0) is 87.6 Å². The van der Waals surface area contributed by atoms with Crippen LogP contribution in [0.15, 0.2) is 103 Å². The van der Waals surface area contributed by atoms with Gasteiger partial charge in [0.05, 0.1) is 116 Å². The van der Waals surface area contributed by atoms with Crippen molar-refractivity contribution in [1.82, 2.24) is 73.8 Å². The van der Waals surface area contributed by atoms with Gasteiger partial charge in [-0.1, -0.05) is 23.7 Å². The molecule has 38 nitrogen and oxygen atoms in total. The minimum atomic E-state index is -0.640. The first kappa shape index (κ1) is 87.6. The molecule has 624 valence electrons. The number of nitrogens with one attached hydrogen (secondary N) is 9. The van der Waals surface area contributed by atoms with Crippen LogP contribution in [-0.4, -0.2) is 237 Å². The minimum Gasteiger partial charge on any atom is -0.491 e. The smallest absolute Gasteiger partial charge is 0.291 e. The second-order valence-corrected chi connectivity index (χ2v) is 28.3. The van der Waals surface area contributed by atoms with Crippen molar-refractivity contribution in [2.45, 2.75) is 52.5 Å². The third-order valence-corrected chi connectivity index (χ3v) is 19.2. The Morgan fingerprint density at radius 2 is 0.940 bits per heavy atom. The van der Waals surface area contributed by atoms with Gasteiger partial charge in [-0.15, -0.1) is 21.5 Å². The number of benzene rings is 2. The number of anilines is 5. The molecular formula is C77H96ClN21O17S. The molecule has 8 heterocycles. The number of carbonyl (C=O) groups is 9. The number of aliphatic imine (C=N–C) groups is 1. The van der Waals surface area contributed by atoms with Gasteiger partial charge in [-0.05, 0) is 74.9 Å². The number of fused-ring (bicyclic) bond motifs is 3. The zero-order valence-electron chi connectivity index (χ0n) is 66.2. The highest BCUT2D eigenvalue weighted by Gasteiger charge is 2.33. The summed E-state index contributed by atoms with van der Waals surface area (Å²) in [5, 5.41) is 34.8. The lowest BCUT2D eigenvalue weighted by Gasteiger charge is -2.13. The first-order valence-electron chi connectivity index (χ1n) is 37.6. The highest BCUT2D eigenvalue weighted by atomic mass is 35.5. The quantitative estimate of drug-likeness (QED) is 0.0222. The van der Waals surface area contributed by atoms with Crippen LogP contribution >= 0.6 is 22.9 Å². The molecule has 0 saturated heterocycles. The molecule has 9 amide bonds. The number of aromatic nitrogens is 11. The third-order valence-electron chi connectivity index (χ3n) is 17.8. The molecule has 0 saturated carbocycles. The van der Waals surface area contributed by atoms with E-state index in [4.69, 9.17) is 54.5 Å². The Morgan fingerprint density at radius 3 is 1.45 bits per heavy atom. The van der Waals surface area contributed by atoms with E-state index < -0.39 is 47.4 Å². The Labute approximate surface area is 682 Å². The number of halogens is 1. The largest absolute Gasteiger partial charge is 0.491 e. The molecule has 0 spiro atoms. The summed E-state index contributed by atoms with van der Waals surface area (Å²) in [7, 11) is 8.04. The topological polar surface area (TPSA) is 442 Å². The molecule has 2 aromatic carbocycles. The van der Waals surface area contributed by atoms with Crippen LogP contribution in [0.4, 0.5) is 28.7 Å². The Bertz CT molecular complexity index is 4940. The summed E-state index contributed by atoms with van der Waals surface area (Å²) in [5.41, 5.74) is 5.46. The molecular weight excluding hydrogens is 1560 g/mol. The fourth-order valence-electron chi connectivity index (χ4n) is 11.8. The Morgan fingerprint density at radius 1 is 0.462 bits per heavy atom. The molecule has 0 aliphatic carbocycles. The van der Waals surface area contributed by atoms with Crippen LogP contribution in [0.2, 0.25) is 5.02 Å². The van der Waals surface area contributed by atoms with Gasteiger partial charge < -0.3 is 109 Å². The van der Waals surface area contributed by atoms with E-state index in [9.17, 15) is 43.2 Å². The monoisotopic (exact) mass is 1650 g/mol. The number of aryl methyl sites for hydroxylation is 7. The number of nitrogens with zero attached hydrogens (tertiary/aromatic N) is 12. The minimum absolute atomic E-state index is 0.00699. The van der Waals surface area contributed by atoms with Crippen molar-refractivity contribution in [2.24, 2.45) is 40.2 Å². The van der Waals surface area contributed by atoms with Gasteiger partial charge in [0, 0.05) is 145 Å². The maximum absolute atomic E-state index is 13.6. The SMILES string of the molecule is Cc1sc2c(c1C)C(c1ccc(Cl)cc1)=N[C@@H](CC(=O)Nc1ccc(OCCOCCOCCOCCOCCOCCOCCOCCNC(=O)CCNC(=O)c3nc(NC(=O)CCNC(=O)c4cc(NC(=O)c5nc(NC(=O)CCNC(=O)c6cc(NC(=O)c7nccn7C)cn6C)cn5C)cn4C)cn3C)cc1)c1nnc(C)n1-2. The van der Waals surface area contributed by atoms with Crippen LogP contribution in [0, 0.1) is 20.8 Å². The number of thiophene rings is 1. The molecule has 1 atom stereocenters. The number of hydrogen-bond acceptors (Lipinski definition) is 24. The van der Waals surface area contributed by atoms with Gasteiger partial charge in [-0.25, -0.2) is 15.0 Å². The number of rotatable bonds is 47. The summed E-state index contributed by atoms with van der Waals surface area (Å²) < 4.78 is 54.3. The predicted molar refractivity (Wildman–Crippen MR) is 432 cm³/mol. The third kappa shape index (κ3) is 25.8. The van der Waals surface area contributed by atoms with E-state index in [1.54, 1.807) is 87.8 Å². The zero-order valence-corrected chi connectivity index (χ0v) is 67.7. The Hall–Kier alpha value is -11.8. The summed E-state index contributed by atoms with van der Waals surface area (Å²) in [6, 6.07) is 17.1. The Balaban J connectivity index is 0.476. The molecule has 7 aromatic heterocycles. The summed E-state index contributed by atoms with van der Waals surface area (Å²) in [6.07, 6.45) is 8.86. The maximum atomic E-state index is 13.6. The summed E-state index contributed by atoms with van der Waals surface area (Å²) >= 11 is 7.91. The lowest BCUT2D eigenvalue weighted by atomic mass is 9.99. The fourth-order valence-corrected chi connectivity index (χ4v) is 13.2. The second kappa shape index (κ2) is 43.8. The molecule has 0 unspecified atom stereocenters. The van der Waals surface area contributed by atoms with E-state index in [0.29, 0.717) is 120 Å². The molecule has 1 aliphatic rings. The number of ether oxygens (including phenoxy) is 8. The average Bonchev–Trinajstić information content (AvgIpc) is 1.59. The maximum Gasteiger partial charge on any atom is 0.291 e. The van der Waals surface area contributed by atoms with E-state index in [2.05, 4.69) is 86.8 Å². The van der Waals surface area contributed by atoms with Crippen molar-refractivity contribution < 1.29 is 81.0 Å². The molecule has 117 heavy (non-hydrogen) atoms. The number of imidazole rings is 3. The second-order valence-electron chi connectivity index (χ2n) is 26.6. The van der Waals surface area contributed by atoms with Gasteiger partial charge in [0.2, 0.25) is 35.3 Å². The average molecular weight is 1660 g/mol. The first-order valence-corrected chi connectivity index (χ1v) is 38.8. The van der Waals surface area contributed by atoms with E-state index in [1.165, 1.54) is 55.2 Å². The number of carbonyl (C=O) groups excluding carboxylic acids is 9. The van der Waals surface area contributed by atoms with Gasteiger partial charge in [-0.2, -0.15) is 0 Å². The van der Waals surface area contributed by atoms with Gasteiger partial charge in [0.15, 0.2) is 23.3 Å². The van der Waals surface area contributed by atoms with E-state index in [-0.39, 0.29) is 116 Å². The summed E-state index contributed by atoms with van der Waals surface area (Å²) in [6.45, 7) is 11.8. The number of amides is 9. The number of hydrogen-bond donors (Lipinski definition) is 9. The summed E-state index contributed by atoms with van der Waals surface area (Å²) in [4.78, 5) is 135.